The average molecular weight is 264 g/mol. The van der Waals surface area contributed by atoms with Crippen LogP contribution >= 0.6 is 0 Å². The lowest BCUT2D eigenvalue weighted by atomic mass is 10.1. The van der Waals surface area contributed by atoms with Crippen LogP contribution in [0.4, 0.5) is 5.69 Å². The summed E-state index contributed by atoms with van der Waals surface area (Å²) in [7, 11) is 0. The van der Waals surface area contributed by atoms with Gasteiger partial charge in [0, 0.05) is 12.1 Å². The van der Waals surface area contributed by atoms with Crippen LogP contribution in [0.5, 0.6) is 5.75 Å². The van der Waals surface area contributed by atoms with Crippen LogP contribution in [0.1, 0.15) is 38.1 Å². The van der Waals surface area contributed by atoms with Crippen LogP contribution in [-0.2, 0) is 0 Å². The van der Waals surface area contributed by atoms with Gasteiger partial charge in [-0.15, -0.1) is 0 Å². The molecular weight excluding hydrogens is 240 g/mol. The maximum absolute atomic E-state index is 11.9. The number of carbonyl (C=O) groups excluding carboxylic acids is 1. The van der Waals surface area contributed by atoms with E-state index < -0.39 is 0 Å². The Morgan fingerprint density at radius 3 is 2.47 bits per heavy atom. The number of ether oxygens (including phenoxy) is 1. The Balaban J connectivity index is 2.67. The van der Waals surface area contributed by atoms with E-state index in [-0.39, 0.29) is 5.91 Å². The van der Waals surface area contributed by atoms with Gasteiger partial charge in [-0.1, -0.05) is 27.7 Å². The SMILES string of the molecule is CC(C)CNC(=O)c1ccc(OCC(C)C)c(N)c1. The Bertz CT molecular complexity index is 428. The van der Waals surface area contributed by atoms with Gasteiger partial charge in [0.15, 0.2) is 0 Å². The molecule has 0 aliphatic carbocycles. The van der Waals surface area contributed by atoms with Gasteiger partial charge in [-0.05, 0) is 30.0 Å². The van der Waals surface area contributed by atoms with Crippen LogP contribution in [0.25, 0.3) is 0 Å². The lowest BCUT2D eigenvalue weighted by Crippen LogP contribution is -2.27. The van der Waals surface area contributed by atoms with E-state index in [4.69, 9.17) is 10.5 Å². The summed E-state index contributed by atoms with van der Waals surface area (Å²) in [5.74, 6) is 1.40. The zero-order valence-electron chi connectivity index (χ0n) is 12.2. The van der Waals surface area contributed by atoms with Crippen molar-refractivity contribution in [1.82, 2.24) is 5.32 Å². The van der Waals surface area contributed by atoms with Crippen molar-refractivity contribution in [3.63, 3.8) is 0 Å². The molecule has 0 aromatic heterocycles. The van der Waals surface area contributed by atoms with Crippen LogP contribution < -0.4 is 15.8 Å². The summed E-state index contributed by atoms with van der Waals surface area (Å²) >= 11 is 0. The van der Waals surface area contributed by atoms with Crippen molar-refractivity contribution in [2.24, 2.45) is 11.8 Å². The Labute approximate surface area is 115 Å². The first kappa shape index (κ1) is 15.3. The molecule has 0 heterocycles. The van der Waals surface area contributed by atoms with Crippen LogP contribution in [-0.4, -0.2) is 19.1 Å². The number of rotatable bonds is 6. The second-order valence-electron chi connectivity index (χ2n) is 5.56. The van der Waals surface area contributed by atoms with Crippen molar-refractivity contribution in [1.29, 1.82) is 0 Å². The van der Waals surface area contributed by atoms with Gasteiger partial charge in [-0.3, -0.25) is 4.79 Å². The number of hydrogen-bond acceptors (Lipinski definition) is 3. The third-order valence-corrected chi connectivity index (χ3v) is 2.52. The summed E-state index contributed by atoms with van der Waals surface area (Å²) < 4.78 is 5.57. The molecule has 0 radical (unpaired) electrons. The molecule has 1 aromatic rings. The van der Waals surface area contributed by atoms with Gasteiger partial charge in [0.05, 0.1) is 12.3 Å². The number of anilines is 1. The van der Waals surface area contributed by atoms with Gasteiger partial charge in [0.25, 0.3) is 5.91 Å². The van der Waals surface area contributed by atoms with E-state index in [0.717, 1.165) is 0 Å². The first-order valence-electron chi connectivity index (χ1n) is 6.70. The average Bonchev–Trinajstić information content (AvgIpc) is 2.34. The molecule has 1 rings (SSSR count). The highest BCUT2D eigenvalue weighted by molar-refractivity contribution is 5.95. The molecule has 0 saturated heterocycles. The molecule has 19 heavy (non-hydrogen) atoms. The molecule has 0 bridgehead atoms. The van der Waals surface area contributed by atoms with Crippen LogP contribution in [0.2, 0.25) is 0 Å². The highest BCUT2D eigenvalue weighted by Crippen LogP contribution is 2.23. The number of carbonyl (C=O) groups is 1. The third kappa shape index (κ3) is 5.20. The largest absolute Gasteiger partial charge is 0.491 e. The summed E-state index contributed by atoms with van der Waals surface area (Å²) in [6.07, 6.45) is 0. The predicted octanol–water partition coefficient (Wildman–Crippen LogP) is 2.69. The van der Waals surface area contributed by atoms with Gasteiger partial charge in [0.2, 0.25) is 0 Å². The van der Waals surface area contributed by atoms with Gasteiger partial charge in [0.1, 0.15) is 5.75 Å². The number of amides is 1. The molecule has 106 valence electrons. The van der Waals surface area contributed by atoms with Gasteiger partial charge in [-0.25, -0.2) is 0 Å². The Morgan fingerprint density at radius 1 is 1.26 bits per heavy atom. The molecule has 4 nitrogen and oxygen atoms in total. The van der Waals surface area contributed by atoms with E-state index in [9.17, 15) is 4.79 Å². The van der Waals surface area contributed by atoms with Crippen molar-refractivity contribution in [2.75, 3.05) is 18.9 Å². The fourth-order valence-electron chi connectivity index (χ4n) is 1.48. The Kier molecular flexibility index (Phi) is 5.67. The summed E-state index contributed by atoms with van der Waals surface area (Å²) in [6, 6.07) is 5.15. The number of nitrogens with one attached hydrogen (secondary N) is 1. The molecule has 4 heteroatoms. The van der Waals surface area contributed by atoms with E-state index >= 15 is 0 Å². The fraction of sp³-hybridized carbons (Fsp3) is 0.533. The standard InChI is InChI=1S/C15H24N2O2/c1-10(2)8-17-15(18)12-5-6-14(13(16)7-12)19-9-11(3)4/h5-7,10-11H,8-9,16H2,1-4H3,(H,17,18). The number of hydrogen-bond donors (Lipinski definition) is 2. The maximum Gasteiger partial charge on any atom is 0.251 e. The number of nitrogens with two attached hydrogens (primary N) is 1. The third-order valence-electron chi connectivity index (χ3n) is 2.52. The second-order valence-corrected chi connectivity index (χ2v) is 5.56. The lowest BCUT2D eigenvalue weighted by molar-refractivity contribution is 0.0949. The minimum atomic E-state index is -0.101. The zero-order valence-corrected chi connectivity index (χ0v) is 12.2. The molecule has 0 unspecified atom stereocenters. The maximum atomic E-state index is 11.9. The highest BCUT2D eigenvalue weighted by atomic mass is 16.5. The van der Waals surface area contributed by atoms with E-state index in [1.165, 1.54) is 0 Å². The number of benzene rings is 1. The van der Waals surface area contributed by atoms with Crippen molar-refractivity contribution < 1.29 is 9.53 Å². The topological polar surface area (TPSA) is 64.3 Å². The molecule has 1 amide bonds. The van der Waals surface area contributed by atoms with Crippen molar-refractivity contribution in [3.05, 3.63) is 23.8 Å². The fourth-order valence-corrected chi connectivity index (χ4v) is 1.48. The minimum Gasteiger partial charge on any atom is -0.491 e. The summed E-state index contributed by atoms with van der Waals surface area (Å²) in [5, 5.41) is 2.86. The Morgan fingerprint density at radius 2 is 1.95 bits per heavy atom. The van der Waals surface area contributed by atoms with E-state index in [1.54, 1.807) is 18.2 Å². The van der Waals surface area contributed by atoms with E-state index in [1.807, 2.05) is 0 Å². The van der Waals surface area contributed by atoms with Gasteiger partial charge < -0.3 is 15.8 Å². The van der Waals surface area contributed by atoms with Crippen LogP contribution in [0, 0.1) is 11.8 Å². The molecule has 0 saturated carbocycles. The van der Waals surface area contributed by atoms with E-state index in [2.05, 4.69) is 33.0 Å². The number of nitrogen functional groups attached to an aromatic ring is 1. The predicted molar refractivity (Wildman–Crippen MR) is 78.4 cm³/mol. The minimum absolute atomic E-state index is 0.101. The monoisotopic (exact) mass is 264 g/mol. The summed E-state index contributed by atoms with van der Waals surface area (Å²) in [5.41, 5.74) is 6.96. The highest BCUT2D eigenvalue weighted by Gasteiger charge is 2.09. The lowest BCUT2D eigenvalue weighted by Gasteiger charge is -2.12. The van der Waals surface area contributed by atoms with Gasteiger partial charge in [-0.2, -0.15) is 0 Å². The first-order chi connectivity index (χ1) is 8.90. The van der Waals surface area contributed by atoms with E-state index in [0.29, 0.717) is 42.0 Å². The molecule has 0 atom stereocenters. The molecule has 0 aliphatic rings. The molecule has 1 aromatic carbocycles. The van der Waals surface area contributed by atoms with Crippen molar-refractivity contribution in [2.45, 2.75) is 27.7 Å². The van der Waals surface area contributed by atoms with Gasteiger partial charge >= 0.3 is 0 Å². The molecule has 0 spiro atoms. The first-order valence-corrected chi connectivity index (χ1v) is 6.70. The van der Waals surface area contributed by atoms with Crippen LogP contribution in [0.15, 0.2) is 18.2 Å². The smallest absolute Gasteiger partial charge is 0.251 e. The second kappa shape index (κ2) is 7.02. The molecule has 0 aliphatic heterocycles. The van der Waals surface area contributed by atoms with Crippen molar-refractivity contribution >= 4 is 11.6 Å². The Hall–Kier alpha value is -1.71. The zero-order chi connectivity index (χ0) is 14.4. The normalized spacial score (nSPS) is 10.8. The van der Waals surface area contributed by atoms with Crippen LogP contribution in [0.3, 0.4) is 0 Å². The summed E-state index contributed by atoms with van der Waals surface area (Å²) in [6.45, 7) is 9.52. The van der Waals surface area contributed by atoms with Crippen molar-refractivity contribution in [3.8, 4) is 5.75 Å². The molecule has 3 N–H and O–H groups in total. The summed E-state index contributed by atoms with van der Waals surface area (Å²) in [4.78, 5) is 11.9. The molecule has 0 fully saturated rings. The quantitative estimate of drug-likeness (QED) is 0.776. The molecular formula is C15H24N2O2.